The van der Waals surface area contributed by atoms with Crippen molar-refractivity contribution in [3.63, 3.8) is 0 Å². The molecule has 1 aliphatic carbocycles. The van der Waals surface area contributed by atoms with Crippen molar-refractivity contribution >= 4 is 0 Å². The molecular formula is C16H24O. The van der Waals surface area contributed by atoms with Crippen LogP contribution in [-0.2, 0) is 6.42 Å². The third-order valence-corrected chi connectivity index (χ3v) is 4.31. The van der Waals surface area contributed by atoms with E-state index in [1.54, 1.807) is 0 Å². The molecule has 1 N–H and O–H groups in total. The van der Waals surface area contributed by atoms with E-state index in [0.717, 1.165) is 12.8 Å². The maximum atomic E-state index is 10.3. The first-order chi connectivity index (χ1) is 7.81. The Kier molecular flexibility index (Phi) is 3.07. The van der Waals surface area contributed by atoms with Gasteiger partial charge in [-0.05, 0) is 61.6 Å². The van der Waals surface area contributed by atoms with E-state index in [0.29, 0.717) is 11.3 Å². The number of aliphatic hydroxyl groups is 1. The predicted octanol–water partition coefficient (Wildman–Crippen LogP) is 3.56. The highest BCUT2D eigenvalue weighted by Gasteiger charge is 2.49. The molecular weight excluding hydrogens is 208 g/mol. The standard InChI is InChI=1S/C16H24O/c1-10-6-11(2)13(12(3)7-10)8-15(17)14-9-16(14,4)5/h6-7,14-15,17H,8-9H2,1-5H3. The van der Waals surface area contributed by atoms with Gasteiger partial charge in [-0.15, -0.1) is 0 Å². The smallest absolute Gasteiger partial charge is 0.0614 e. The van der Waals surface area contributed by atoms with Crippen LogP contribution in [0.3, 0.4) is 0 Å². The summed E-state index contributed by atoms with van der Waals surface area (Å²) >= 11 is 0. The van der Waals surface area contributed by atoms with Gasteiger partial charge < -0.3 is 5.11 Å². The summed E-state index contributed by atoms with van der Waals surface area (Å²) in [4.78, 5) is 0. The van der Waals surface area contributed by atoms with Gasteiger partial charge in [-0.3, -0.25) is 0 Å². The lowest BCUT2D eigenvalue weighted by molar-refractivity contribution is 0.136. The van der Waals surface area contributed by atoms with Crippen LogP contribution in [0.25, 0.3) is 0 Å². The normalized spacial score (nSPS) is 23.5. The molecule has 2 rings (SSSR count). The summed E-state index contributed by atoms with van der Waals surface area (Å²) in [5, 5.41) is 10.3. The lowest BCUT2D eigenvalue weighted by Gasteiger charge is -2.17. The van der Waals surface area contributed by atoms with E-state index in [9.17, 15) is 5.11 Å². The molecule has 0 aromatic heterocycles. The molecule has 17 heavy (non-hydrogen) atoms. The summed E-state index contributed by atoms with van der Waals surface area (Å²) in [5.41, 5.74) is 5.64. The minimum absolute atomic E-state index is 0.176. The first kappa shape index (κ1) is 12.6. The average Bonchev–Trinajstić information content (AvgIpc) is 2.81. The Morgan fingerprint density at radius 2 is 1.71 bits per heavy atom. The van der Waals surface area contributed by atoms with Crippen molar-refractivity contribution < 1.29 is 5.11 Å². The van der Waals surface area contributed by atoms with Gasteiger partial charge in [-0.25, -0.2) is 0 Å². The summed E-state index contributed by atoms with van der Waals surface area (Å²) in [6, 6.07) is 4.43. The molecule has 1 fully saturated rings. The van der Waals surface area contributed by atoms with E-state index in [1.165, 1.54) is 22.3 Å². The average molecular weight is 232 g/mol. The number of hydrogen-bond donors (Lipinski definition) is 1. The Balaban J connectivity index is 2.14. The Bertz CT molecular complexity index is 408. The Morgan fingerprint density at radius 1 is 1.24 bits per heavy atom. The van der Waals surface area contributed by atoms with Crippen molar-refractivity contribution in [2.24, 2.45) is 11.3 Å². The van der Waals surface area contributed by atoms with Crippen molar-refractivity contribution in [3.8, 4) is 0 Å². The van der Waals surface area contributed by atoms with Crippen molar-refractivity contribution in [2.45, 2.75) is 53.6 Å². The van der Waals surface area contributed by atoms with Crippen LogP contribution in [0.15, 0.2) is 12.1 Å². The SMILES string of the molecule is Cc1cc(C)c(CC(O)C2CC2(C)C)c(C)c1. The molecule has 0 amide bonds. The lowest BCUT2D eigenvalue weighted by Crippen LogP contribution is -2.17. The number of rotatable bonds is 3. The van der Waals surface area contributed by atoms with Gasteiger partial charge in [-0.2, -0.15) is 0 Å². The highest BCUT2D eigenvalue weighted by Crippen LogP contribution is 2.54. The van der Waals surface area contributed by atoms with Gasteiger partial charge >= 0.3 is 0 Å². The van der Waals surface area contributed by atoms with Crippen molar-refractivity contribution in [1.82, 2.24) is 0 Å². The summed E-state index contributed by atoms with van der Waals surface area (Å²) in [7, 11) is 0. The summed E-state index contributed by atoms with van der Waals surface area (Å²) < 4.78 is 0. The molecule has 0 radical (unpaired) electrons. The second-order valence-electron chi connectivity index (χ2n) is 6.45. The number of aliphatic hydroxyl groups excluding tert-OH is 1. The van der Waals surface area contributed by atoms with E-state index in [-0.39, 0.29) is 6.10 Å². The van der Waals surface area contributed by atoms with Gasteiger partial charge in [0.15, 0.2) is 0 Å². The summed E-state index contributed by atoms with van der Waals surface area (Å²) in [5.74, 6) is 0.489. The number of hydrogen-bond acceptors (Lipinski definition) is 1. The Hall–Kier alpha value is -0.820. The van der Waals surface area contributed by atoms with Crippen molar-refractivity contribution in [1.29, 1.82) is 0 Å². The topological polar surface area (TPSA) is 20.2 Å². The molecule has 1 aliphatic rings. The van der Waals surface area contributed by atoms with Crippen molar-refractivity contribution in [2.75, 3.05) is 0 Å². The van der Waals surface area contributed by atoms with Crippen LogP contribution >= 0.6 is 0 Å². The first-order valence-corrected chi connectivity index (χ1v) is 6.56. The molecule has 2 unspecified atom stereocenters. The van der Waals surface area contributed by atoms with Crippen LogP contribution in [0.4, 0.5) is 0 Å². The zero-order valence-electron chi connectivity index (χ0n) is 11.7. The fraction of sp³-hybridized carbons (Fsp3) is 0.625. The zero-order valence-corrected chi connectivity index (χ0v) is 11.7. The Labute approximate surface area is 105 Å². The minimum Gasteiger partial charge on any atom is -0.392 e. The van der Waals surface area contributed by atoms with Crippen LogP contribution in [-0.4, -0.2) is 11.2 Å². The van der Waals surface area contributed by atoms with Gasteiger partial charge in [0.25, 0.3) is 0 Å². The molecule has 1 saturated carbocycles. The highest BCUT2D eigenvalue weighted by molar-refractivity contribution is 5.38. The van der Waals surface area contributed by atoms with E-state index in [4.69, 9.17) is 0 Å². The van der Waals surface area contributed by atoms with Gasteiger partial charge in [0.1, 0.15) is 0 Å². The molecule has 0 bridgehead atoms. The third-order valence-electron chi connectivity index (χ3n) is 4.31. The van der Waals surface area contributed by atoms with Crippen LogP contribution in [0.2, 0.25) is 0 Å². The minimum atomic E-state index is -0.176. The van der Waals surface area contributed by atoms with Crippen molar-refractivity contribution in [3.05, 3.63) is 34.4 Å². The van der Waals surface area contributed by atoms with Crippen LogP contribution in [0, 0.1) is 32.1 Å². The molecule has 0 aliphatic heterocycles. The lowest BCUT2D eigenvalue weighted by atomic mass is 9.92. The van der Waals surface area contributed by atoms with Crippen LogP contribution in [0.5, 0.6) is 0 Å². The number of benzene rings is 1. The van der Waals surface area contributed by atoms with Gasteiger partial charge in [0.2, 0.25) is 0 Å². The second kappa shape index (κ2) is 4.13. The van der Waals surface area contributed by atoms with E-state index >= 15 is 0 Å². The molecule has 2 atom stereocenters. The molecule has 1 heteroatoms. The largest absolute Gasteiger partial charge is 0.392 e. The Morgan fingerprint density at radius 3 is 2.12 bits per heavy atom. The molecule has 1 aromatic rings. The monoisotopic (exact) mass is 232 g/mol. The molecule has 0 heterocycles. The molecule has 0 saturated heterocycles. The predicted molar refractivity (Wildman–Crippen MR) is 72.3 cm³/mol. The molecule has 0 spiro atoms. The van der Waals surface area contributed by atoms with Gasteiger partial charge in [-0.1, -0.05) is 31.5 Å². The fourth-order valence-electron chi connectivity index (χ4n) is 3.05. The zero-order chi connectivity index (χ0) is 12.8. The maximum absolute atomic E-state index is 10.3. The quantitative estimate of drug-likeness (QED) is 0.845. The van der Waals surface area contributed by atoms with E-state index in [1.807, 2.05) is 0 Å². The fourth-order valence-corrected chi connectivity index (χ4v) is 3.05. The van der Waals surface area contributed by atoms with E-state index in [2.05, 4.69) is 46.8 Å². The second-order valence-corrected chi connectivity index (χ2v) is 6.45. The van der Waals surface area contributed by atoms with E-state index < -0.39 is 0 Å². The summed E-state index contributed by atoms with van der Waals surface area (Å²) in [6.45, 7) is 10.9. The van der Waals surface area contributed by atoms with Gasteiger partial charge in [0, 0.05) is 0 Å². The van der Waals surface area contributed by atoms with Crippen LogP contribution in [0.1, 0.15) is 42.5 Å². The number of aryl methyl sites for hydroxylation is 3. The summed E-state index contributed by atoms with van der Waals surface area (Å²) in [6.07, 6.45) is 1.80. The van der Waals surface area contributed by atoms with Gasteiger partial charge in [0.05, 0.1) is 6.10 Å². The first-order valence-electron chi connectivity index (χ1n) is 6.56. The molecule has 1 nitrogen and oxygen atoms in total. The molecule has 1 aromatic carbocycles. The van der Waals surface area contributed by atoms with Crippen LogP contribution < -0.4 is 0 Å². The maximum Gasteiger partial charge on any atom is 0.0614 e. The highest BCUT2D eigenvalue weighted by atomic mass is 16.3. The molecule has 94 valence electrons. The third kappa shape index (κ3) is 2.55.